The Morgan fingerprint density at radius 1 is 0.615 bits per heavy atom. The molecule has 0 spiro atoms. The molecule has 4 nitrogen and oxygen atoms in total. The SMILES string of the molecule is NCc1c(O)cccc1Cc1cccc(Cc2cccc(O)c2CN)c1. The molecule has 3 rings (SSSR count). The van der Waals surface area contributed by atoms with Crippen molar-refractivity contribution in [3.05, 3.63) is 94.0 Å². The Morgan fingerprint density at radius 3 is 1.46 bits per heavy atom. The maximum Gasteiger partial charge on any atom is 0.120 e. The van der Waals surface area contributed by atoms with Crippen LogP contribution in [-0.4, -0.2) is 10.2 Å². The Labute approximate surface area is 153 Å². The molecule has 0 aromatic heterocycles. The van der Waals surface area contributed by atoms with Gasteiger partial charge in [-0.1, -0.05) is 48.5 Å². The summed E-state index contributed by atoms with van der Waals surface area (Å²) in [5.74, 6) is 0.488. The lowest BCUT2D eigenvalue weighted by atomic mass is 9.95. The molecule has 0 aliphatic rings. The van der Waals surface area contributed by atoms with Crippen molar-refractivity contribution < 1.29 is 10.2 Å². The van der Waals surface area contributed by atoms with E-state index in [0.717, 1.165) is 33.4 Å². The zero-order chi connectivity index (χ0) is 18.5. The summed E-state index contributed by atoms with van der Waals surface area (Å²) in [6.07, 6.45) is 1.41. The highest BCUT2D eigenvalue weighted by molar-refractivity contribution is 5.44. The second kappa shape index (κ2) is 8.04. The molecule has 134 valence electrons. The van der Waals surface area contributed by atoms with Crippen molar-refractivity contribution in [3.63, 3.8) is 0 Å². The van der Waals surface area contributed by atoms with Crippen LogP contribution >= 0.6 is 0 Å². The number of rotatable bonds is 6. The van der Waals surface area contributed by atoms with E-state index in [0.29, 0.717) is 25.9 Å². The average Bonchev–Trinajstić information content (AvgIpc) is 2.62. The Hall–Kier alpha value is -2.82. The molecule has 3 aromatic carbocycles. The molecule has 0 aliphatic carbocycles. The first-order valence-corrected chi connectivity index (χ1v) is 8.69. The van der Waals surface area contributed by atoms with Gasteiger partial charge in [-0.15, -0.1) is 0 Å². The third-order valence-electron chi connectivity index (χ3n) is 4.69. The van der Waals surface area contributed by atoms with Gasteiger partial charge in [-0.3, -0.25) is 0 Å². The van der Waals surface area contributed by atoms with E-state index < -0.39 is 0 Å². The fourth-order valence-corrected chi connectivity index (χ4v) is 3.33. The average molecular weight is 348 g/mol. The third kappa shape index (κ3) is 3.87. The molecule has 26 heavy (non-hydrogen) atoms. The van der Waals surface area contributed by atoms with Crippen LogP contribution in [0.4, 0.5) is 0 Å². The summed E-state index contributed by atoms with van der Waals surface area (Å²) < 4.78 is 0. The van der Waals surface area contributed by atoms with E-state index in [-0.39, 0.29) is 11.5 Å². The largest absolute Gasteiger partial charge is 0.508 e. The van der Waals surface area contributed by atoms with Gasteiger partial charge >= 0.3 is 0 Å². The number of benzene rings is 3. The van der Waals surface area contributed by atoms with E-state index >= 15 is 0 Å². The van der Waals surface area contributed by atoms with E-state index in [4.69, 9.17) is 11.5 Å². The Kier molecular flexibility index (Phi) is 5.56. The summed E-state index contributed by atoms with van der Waals surface area (Å²) in [5, 5.41) is 20.0. The quantitative estimate of drug-likeness (QED) is 0.550. The summed E-state index contributed by atoms with van der Waals surface area (Å²) in [7, 11) is 0. The van der Waals surface area contributed by atoms with E-state index in [1.807, 2.05) is 30.3 Å². The van der Waals surface area contributed by atoms with Gasteiger partial charge in [-0.05, 0) is 47.2 Å². The minimum Gasteiger partial charge on any atom is -0.508 e. The summed E-state index contributed by atoms with van der Waals surface area (Å²) in [6, 6.07) is 19.3. The molecular weight excluding hydrogens is 324 g/mol. The summed E-state index contributed by atoms with van der Waals surface area (Å²) in [6.45, 7) is 0.621. The first-order chi connectivity index (χ1) is 12.6. The molecule has 0 aliphatic heterocycles. The maximum atomic E-state index is 9.99. The van der Waals surface area contributed by atoms with Crippen LogP contribution in [0.3, 0.4) is 0 Å². The van der Waals surface area contributed by atoms with Crippen LogP contribution in [0.1, 0.15) is 33.4 Å². The van der Waals surface area contributed by atoms with Crippen molar-refractivity contribution >= 4 is 0 Å². The van der Waals surface area contributed by atoms with Gasteiger partial charge in [0, 0.05) is 24.2 Å². The lowest BCUT2D eigenvalue weighted by molar-refractivity contribution is 0.467. The van der Waals surface area contributed by atoms with Crippen molar-refractivity contribution in [2.75, 3.05) is 0 Å². The predicted octanol–water partition coefficient (Wildman–Crippen LogP) is 3.20. The van der Waals surface area contributed by atoms with Gasteiger partial charge in [0.15, 0.2) is 0 Å². The topological polar surface area (TPSA) is 92.5 Å². The van der Waals surface area contributed by atoms with Crippen molar-refractivity contribution in [2.24, 2.45) is 11.5 Å². The van der Waals surface area contributed by atoms with Gasteiger partial charge in [0.05, 0.1) is 0 Å². The van der Waals surface area contributed by atoms with Crippen LogP contribution in [0.5, 0.6) is 11.5 Å². The molecule has 0 radical (unpaired) electrons. The number of nitrogens with two attached hydrogens (primary N) is 2. The smallest absolute Gasteiger partial charge is 0.120 e. The van der Waals surface area contributed by atoms with Crippen molar-refractivity contribution in [1.29, 1.82) is 0 Å². The molecule has 0 saturated carbocycles. The van der Waals surface area contributed by atoms with E-state index in [2.05, 4.69) is 18.2 Å². The van der Waals surface area contributed by atoms with Gasteiger partial charge in [-0.2, -0.15) is 0 Å². The fraction of sp³-hybridized carbons (Fsp3) is 0.182. The second-order valence-electron chi connectivity index (χ2n) is 6.41. The zero-order valence-electron chi connectivity index (χ0n) is 14.7. The normalized spacial score (nSPS) is 10.8. The number of aromatic hydroxyl groups is 2. The molecule has 0 amide bonds. The maximum absolute atomic E-state index is 9.99. The lowest BCUT2D eigenvalue weighted by Crippen LogP contribution is -2.04. The van der Waals surface area contributed by atoms with Crippen LogP contribution in [-0.2, 0) is 25.9 Å². The monoisotopic (exact) mass is 348 g/mol. The minimum absolute atomic E-state index is 0.244. The fourth-order valence-electron chi connectivity index (χ4n) is 3.33. The van der Waals surface area contributed by atoms with E-state index in [1.54, 1.807) is 12.1 Å². The highest BCUT2D eigenvalue weighted by Gasteiger charge is 2.09. The molecule has 0 saturated heterocycles. The summed E-state index contributed by atoms with van der Waals surface area (Å²) in [5.41, 5.74) is 17.5. The van der Waals surface area contributed by atoms with Gasteiger partial charge in [0.2, 0.25) is 0 Å². The minimum atomic E-state index is 0.244. The van der Waals surface area contributed by atoms with Crippen LogP contribution in [0.25, 0.3) is 0 Å². The second-order valence-corrected chi connectivity index (χ2v) is 6.41. The van der Waals surface area contributed by atoms with Crippen molar-refractivity contribution in [2.45, 2.75) is 25.9 Å². The number of phenolic OH excluding ortho intramolecular Hbond substituents is 2. The van der Waals surface area contributed by atoms with Crippen LogP contribution in [0.2, 0.25) is 0 Å². The first kappa shape index (κ1) is 18.0. The standard InChI is InChI=1S/C22H24N2O2/c23-13-19-17(6-2-8-21(19)25)11-15-4-1-5-16(10-15)12-18-7-3-9-22(26)20(18)14-24/h1-10,25-26H,11-14,23-24H2. The first-order valence-electron chi connectivity index (χ1n) is 8.69. The van der Waals surface area contributed by atoms with E-state index in [1.165, 1.54) is 0 Å². The van der Waals surface area contributed by atoms with Crippen LogP contribution < -0.4 is 11.5 Å². The van der Waals surface area contributed by atoms with Crippen molar-refractivity contribution in [1.82, 2.24) is 0 Å². The van der Waals surface area contributed by atoms with E-state index in [9.17, 15) is 10.2 Å². The molecule has 0 unspecified atom stereocenters. The predicted molar refractivity (Wildman–Crippen MR) is 104 cm³/mol. The molecule has 0 atom stereocenters. The zero-order valence-corrected chi connectivity index (χ0v) is 14.7. The Morgan fingerprint density at radius 2 is 1.04 bits per heavy atom. The molecule has 0 bridgehead atoms. The van der Waals surface area contributed by atoms with Crippen LogP contribution in [0, 0.1) is 0 Å². The molecule has 4 heteroatoms. The van der Waals surface area contributed by atoms with Crippen molar-refractivity contribution in [3.8, 4) is 11.5 Å². The highest BCUT2D eigenvalue weighted by Crippen LogP contribution is 2.25. The molecule has 0 fully saturated rings. The van der Waals surface area contributed by atoms with Gasteiger partial charge < -0.3 is 21.7 Å². The Bertz CT molecular complexity index is 836. The number of phenols is 2. The highest BCUT2D eigenvalue weighted by atomic mass is 16.3. The van der Waals surface area contributed by atoms with Gasteiger partial charge in [0.1, 0.15) is 11.5 Å². The molecule has 3 aromatic rings. The Balaban J connectivity index is 1.86. The lowest BCUT2D eigenvalue weighted by Gasteiger charge is -2.12. The van der Waals surface area contributed by atoms with Gasteiger partial charge in [-0.25, -0.2) is 0 Å². The van der Waals surface area contributed by atoms with Gasteiger partial charge in [0.25, 0.3) is 0 Å². The molecular formula is C22H24N2O2. The third-order valence-corrected chi connectivity index (χ3v) is 4.69. The number of hydrogen-bond acceptors (Lipinski definition) is 4. The van der Waals surface area contributed by atoms with Crippen LogP contribution in [0.15, 0.2) is 60.7 Å². The summed E-state index contributed by atoms with van der Waals surface area (Å²) in [4.78, 5) is 0. The molecule has 0 heterocycles. The summed E-state index contributed by atoms with van der Waals surface area (Å²) >= 11 is 0. The molecule has 6 N–H and O–H groups in total. The number of hydrogen-bond donors (Lipinski definition) is 4.